The van der Waals surface area contributed by atoms with E-state index in [2.05, 4.69) is 52.1 Å². The van der Waals surface area contributed by atoms with Gasteiger partial charge in [-0.1, -0.05) is 33.3 Å². The van der Waals surface area contributed by atoms with Gasteiger partial charge in [0.2, 0.25) is 0 Å². The topological polar surface area (TPSA) is 21.3 Å². The molecule has 0 amide bonds. The summed E-state index contributed by atoms with van der Waals surface area (Å²) in [5.41, 5.74) is 3.68. The quantitative estimate of drug-likeness (QED) is 0.824. The minimum atomic E-state index is 0.583. The Hall–Kier alpha value is -1.18. The molecule has 0 radical (unpaired) electrons. The summed E-state index contributed by atoms with van der Waals surface area (Å²) in [6, 6.07) is 4.95. The second-order valence-electron chi connectivity index (χ2n) is 7.17. The van der Waals surface area contributed by atoms with Gasteiger partial charge < -0.3 is 10.1 Å². The Balaban J connectivity index is 2.23. The van der Waals surface area contributed by atoms with Gasteiger partial charge in [0.15, 0.2) is 0 Å². The van der Waals surface area contributed by atoms with Crippen LogP contribution in [0.1, 0.15) is 51.2 Å². The summed E-state index contributed by atoms with van der Waals surface area (Å²) >= 11 is 0. The van der Waals surface area contributed by atoms with Crippen LogP contribution in [0.3, 0.4) is 0 Å². The van der Waals surface area contributed by atoms with Gasteiger partial charge in [0.25, 0.3) is 0 Å². The molecule has 3 unspecified atom stereocenters. The van der Waals surface area contributed by atoms with Gasteiger partial charge in [-0.3, -0.25) is 0 Å². The van der Waals surface area contributed by atoms with Crippen molar-refractivity contribution in [3.63, 3.8) is 0 Å². The van der Waals surface area contributed by atoms with Crippen LogP contribution in [0.4, 0.5) is 5.69 Å². The second-order valence-corrected chi connectivity index (χ2v) is 7.17. The van der Waals surface area contributed by atoms with Crippen molar-refractivity contribution in [2.75, 3.05) is 12.4 Å². The van der Waals surface area contributed by atoms with Gasteiger partial charge in [-0.05, 0) is 56.1 Å². The maximum atomic E-state index is 5.56. The molecule has 0 spiro atoms. The van der Waals surface area contributed by atoms with E-state index in [1.807, 2.05) is 0 Å². The van der Waals surface area contributed by atoms with E-state index in [0.29, 0.717) is 6.04 Å². The Labute approximate surface area is 130 Å². The number of benzene rings is 1. The molecular formula is C19H31NO. The highest BCUT2D eigenvalue weighted by atomic mass is 16.5. The molecule has 2 nitrogen and oxygen atoms in total. The van der Waals surface area contributed by atoms with Gasteiger partial charge in [-0.25, -0.2) is 0 Å². The Morgan fingerprint density at radius 3 is 2.52 bits per heavy atom. The van der Waals surface area contributed by atoms with Crippen molar-refractivity contribution in [3.05, 3.63) is 23.3 Å². The molecule has 1 aromatic rings. The summed E-state index contributed by atoms with van der Waals surface area (Å²) < 4.78 is 5.56. The molecule has 1 N–H and O–H groups in total. The lowest BCUT2D eigenvalue weighted by Crippen LogP contribution is -2.38. The molecule has 1 aliphatic rings. The van der Waals surface area contributed by atoms with E-state index in [0.717, 1.165) is 23.5 Å². The van der Waals surface area contributed by atoms with E-state index in [4.69, 9.17) is 4.74 Å². The third-order valence-electron chi connectivity index (χ3n) is 5.17. The fourth-order valence-corrected chi connectivity index (χ4v) is 3.87. The van der Waals surface area contributed by atoms with Crippen molar-refractivity contribution in [1.29, 1.82) is 0 Å². The summed E-state index contributed by atoms with van der Waals surface area (Å²) in [7, 11) is 1.76. The Morgan fingerprint density at radius 2 is 1.90 bits per heavy atom. The van der Waals surface area contributed by atoms with E-state index in [9.17, 15) is 0 Å². The summed E-state index contributed by atoms with van der Waals surface area (Å²) in [6.07, 6.45) is 3.99. The van der Waals surface area contributed by atoms with E-state index in [1.54, 1.807) is 7.11 Å². The van der Waals surface area contributed by atoms with Crippen LogP contribution in [0.15, 0.2) is 12.1 Å². The van der Waals surface area contributed by atoms with Crippen LogP contribution in [-0.2, 0) is 0 Å². The minimum Gasteiger partial charge on any atom is -0.496 e. The average molecular weight is 289 g/mol. The van der Waals surface area contributed by atoms with Gasteiger partial charge in [0.05, 0.1) is 7.11 Å². The van der Waals surface area contributed by atoms with Crippen molar-refractivity contribution in [3.8, 4) is 5.75 Å². The highest BCUT2D eigenvalue weighted by Crippen LogP contribution is 2.37. The van der Waals surface area contributed by atoms with Gasteiger partial charge >= 0.3 is 0 Å². The fourth-order valence-electron chi connectivity index (χ4n) is 3.87. The summed E-state index contributed by atoms with van der Waals surface area (Å²) in [4.78, 5) is 0. The van der Waals surface area contributed by atoms with Crippen LogP contribution in [0.2, 0.25) is 0 Å². The first-order valence-corrected chi connectivity index (χ1v) is 8.34. The minimum absolute atomic E-state index is 0.583. The fraction of sp³-hybridized carbons (Fsp3) is 0.684. The molecule has 3 atom stereocenters. The molecule has 118 valence electrons. The molecule has 0 aliphatic heterocycles. The highest BCUT2D eigenvalue weighted by molar-refractivity contribution is 5.60. The van der Waals surface area contributed by atoms with E-state index in [1.165, 1.54) is 36.1 Å². The van der Waals surface area contributed by atoms with Crippen molar-refractivity contribution in [2.45, 2.75) is 59.9 Å². The smallest absolute Gasteiger partial charge is 0.126 e. The predicted molar refractivity (Wildman–Crippen MR) is 91.2 cm³/mol. The first-order chi connectivity index (χ1) is 9.93. The summed E-state index contributed by atoms with van der Waals surface area (Å²) in [5, 5.41) is 3.83. The van der Waals surface area contributed by atoms with E-state index in [-0.39, 0.29) is 0 Å². The molecule has 1 fully saturated rings. The molecule has 1 saturated carbocycles. The molecule has 1 aromatic carbocycles. The predicted octanol–water partition coefficient (Wildman–Crippen LogP) is 5.18. The second kappa shape index (κ2) is 6.72. The number of rotatable bonds is 4. The van der Waals surface area contributed by atoms with Crippen molar-refractivity contribution in [1.82, 2.24) is 0 Å². The van der Waals surface area contributed by atoms with Crippen LogP contribution < -0.4 is 10.1 Å². The Bertz CT molecular complexity index is 481. The first-order valence-electron chi connectivity index (χ1n) is 8.34. The van der Waals surface area contributed by atoms with E-state index >= 15 is 0 Å². The maximum Gasteiger partial charge on any atom is 0.126 e. The van der Waals surface area contributed by atoms with E-state index < -0.39 is 0 Å². The highest BCUT2D eigenvalue weighted by Gasteiger charge is 2.31. The first kappa shape index (κ1) is 16.2. The molecular weight excluding hydrogens is 258 g/mol. The number of hydrogen-bond donors (Lipinski definition) is 1. The normalized spacial score (nSPS) is 26.0. The zero-order valence-corrected chi connectivity index (χ0v) is 14.5. The van der Waals surface area contributed by atoms with Crippen LogP contribution >= 0.6 is 0 Å². The van der Waals surface area contributed by atoms with Crippen molar-refractivity contribution < 1.29 is 4.74 Å². The van der Waals surface area contributed by atoms with Crippen LogP contribution in [0.25, 0.3) is 0 Å². The third-order valence-corrected chi connectivity index (χ3v) is 5.17. The molecule has 0 heterocycles. The van der Waals surface area contributed by atoms with Crippen LogP contribution in [0.5, 0.6) is 5.75 Å². The zero-order valence-electron chi connectivity index (χ0n) is 14.5. The molecule has 2 heteroatoms. The third kappa shape index (κ3) is 3.53. The summed E-state index contributed by atoms with van der Waals surface area (Å²) in [5.74, 6) is 3.35. The standard InChI is InChI=1S/C19H31NO/c1-12(2)16-9-7-13(3)11-18(16)20-17-10-8-14(4)19(21-6)15(17)5/h8,10,12-13,16,18,20H,7,9,11H2,1-6H3. The number of hydrogen-bond acceptors (Lipinski definition) is 2. The van der Waals surface area contributed by atoms with Gasteiger partial charge in [0.1, 0.15) is 5.75 Å². The van der Waals surface area contributed by atoms with Gasteiger partial charge in [-0.15, -0.1) is 0 Å². The average Bonchev–Trinajstić information content (AvgIpc) is 2.42. The van der Waals surface area contributed by atoms with Crippen LogP contribution in [0, 0.1) is 31.6 Å². The monoisotopic (exact) mass is 289 g/mol. The lowest BCUT2D eigenvalue weighted by molar-refractivity contribution is 0.212. The van der Waals surface area contributed by atoms with Crippen LogP contribution in [-0.4, -0.2) is 13.2 Å². The SMILES string of the molecule is COc1c(C)ccc(NC2CC(C)CCC2C(C)C)c1C. The molecule has 1 aliphatic carbocycles. The van der Waals surface area contributed by atoms with Gasteiger partial charge in [-0.2, -0.15) is 0 Å². The summed E-state index contributed by atoms with van der Waals surface area (Å²) in [6.45, 7) is 11.4. The maximum absolute atomic E-state index is 5.56. The zero-order chi connectivity index (χ0) is 15.6. The largest absolute Gasteiger partial charge is 0.496 e. The molecule has 0 aromatic heterocycles. The van der Waals surface area contributed by atoms with Crippen molar-refractivity contribution in [2.24, 2.45) is 17.8 Å². The number of anilines is 1. The molecule has 2 rings (SSSR count). The Morgan fingerprint density at radius 1 is 1.19 bits per heavy atom. The molecule has 0 saturated heterocycles. The molecule has 0 bridgehead atoms. The lowest BCUT2D eigenvalue weighted by Gasteiger charge is -2.38. The number of ether oxygens (including phenoxy) is 1. The van der Waals surface area contributed by atoms with Gasteiger partial charge in [0, 0.05) is 17.3 Å². The Kier molecular flexibility index (Phi) is 5.18. The lowest BCUT2D eigenvalue weighted by atomic mass is 9.74. The number of methoxy groups -OCH3 is 1. The molecule has 21 heavy (non-hydrogen) atoms. The van der Waals surface area contributed by atoms with Crippen molar-refractivity contribution >= 4 is 5.69 Å². The number of aryl methyl sites for hydroxylation is 1. The number of nitrogens with one attached hydrogen (secondary N) is 1.